The Morgan fingerprint density at radius 1 is 1.36 bits per heavy atom. The average molecular weight is 314 g/mol. The molecule has 0 aliphatic rings. The first-order chi connectivity index (χ1) is 10.6. The van der Waals surface area contributed by atoms with Crippen LogP contribution in [0.5, 0.6) is 0 Å². The van der Waals surface area contributed by atoms with Crippen molar-refractivity contribution < 1.29 is 4.79 Å². The van der Waals surface area contributed by atoms with Gasteiger partial charge in [-0.25, -0.2) is 4.98 Å². The summed E-state index contributed by atoms with van der Waals surface area (Å²) in [6.45, 7) is 1.91. The number of aromatic nitrogens is 3. The van der Waals surface area contributed by atoms with Crippen molar-refractivity contribution in [2.75, 3.05) is 5.32 Å². The summed E-state index contributed by atoms with van der Waals surface area (Å²) in [5.41, 5.74) is 1.93. The third-order valence-electron chi connectivity index (χ3n) is 3.40. The van der Waals surface area contributed by atoms with Crippen LogP contribution in [0, 0.1) is 6.92 Å². The zero-order valence-corrected chi connectivity index (χ0v) is 13.5. The second kappa shape index (κ2) is 6.27. The van der Waals surface area contributed by atoms with Crippen molar-refractivity contribution in [2.24, 2.45) is 7.05 Å². The minimum atomic E-state index is 0.0177. The maximum Gasteiger partial charge on any atom is 0.225 e. The summed E-state index contributed by atoms with van der Waals surface area (Å²) in [4.78, 5) is 16.6. The standard InChI is InChI=1S/C16H18N4OS/c1-11-10-14(20(2)19-11)18-15(21)8-5-9-16-17-12-6-3-4-7-13(12)22-16/h3-4,6-7,10H,5,8-9H2,1-2H3,(H,18,21). The molecule has 0 bridgehead atoms. The molecule has 5 nitrogen and oxygen atoms in total. The van der Waals surface area contributed by atoms with Crippen LogP contribution in [0.2, 0.25) is 0 Å². The van der Waals surface area contributed by atoms with Gasteiger partial charge in [0.05, 0.1) is 20.9 Å². The SMILES string of the molecule is Cc1cc(NC(=O)CCCc2nc3ccccc3s2)n(C)n1. The van der Waals surface area contributed by atoms with Crippen molar-refractivity contribution in [1.82, 2.24) is 14.8 Å². The van der Waals surface area contributed by atoms with Crippen molar-refractivity contribution in [3.8, 4) is 0 Å². The lowest BCUT2D eigenvalue weighted by molar-refractivity contribution is -0.116. The van der Waals surface area contributed by atoms with Crippen LogP contribution in [0.4, 0.5) is 5.82 Å². The van der Waals surface area contributed by atoms with Gasteiger partial charge >= 0.3 is 0 Å². The third kappa shape index (κ3) is 3.33. The predicted molar refractivity (Wildman–Crippen MR) is 89.1 cm³/mol. The van der Waals surface area contributed by atoms with E-state index in [0.29, 0.717) is 6.42 Å². The summed E-state index contributed by atoms with van der Waals surface area (Å²) < 4.78 is 2.88. The van der Waals surface area contributed by atoms with Gasteiger partial charge in [0.25, 0.3) is 0 Å². The Balaban J connectivity index is 1.52. The van der Waals surface area contributed by atoms with Crippen molar-refractivity contribution in [2.45, 2.75) is 26.2 Å². The first-order valence-corrected chi connectivity index (χ1v) is 8.08. The fourth-order valence-corrected chi connectivity index (χ4v) is 3.37. The second-order valence-electron chi connectivity index (χ2n) is 5.27. The van der Waals surface area contributed by atoms with Gasteiger partial charge < -0.3 is 5.32 Å². The first kappa shape index (κ1) is 14.7. The molecule has 3 rings (SSSR count). The summed E-state index contributed by atoms with van der Waals surface area (Å²) in [6.07, 6.45) is 2.11. The Hall–Kier alpha value is -2.21. The number of anilines is 1. The van der Waals surface area contributed by atoms with Gasteiger partial charge in [-0.2, -0.15) is 5.10 Å². The molecule has 6 heteroatoms. The zero-order valence-electron chi connectivity index (χ0n) is 12.7. The van der Waals surface area contributed by atoms with Gasteiger partial charge in [-0.15, -0.1) is 11.3 Å². The molecule has 0 saturated heterocycles. The van der Waals surface area contributed by atoms with E-state index in [4.69, 9.17) is 0 Å². The van der Waals surface area contributed by atoms with Crippen LogP contribution in [0.3, 0.4) is 0 Å². The number of aryl methyl sites for hydroxylation is 3. The molecule has 22 heavy (non-hydrogen) atoms. The molecule has 114 valence electrons. The van der Waals surface area contributed by atoms with Gasteiger partial charge in [0.15, 0.2) is 0 Å². The van der Waals surface area contributed by atoms with E-state index in [9.17, 15) is 4.79 Å². The number of thiazole rings is 1. The van der Waals surface area contributed by atoms with Crippen LogP contribution in [-0.4, -0.2) is 20.7 Å². The maximum absolute atomic E-state index is 12.0. The molecule has 0 aliphatic heterocycles. The highest BCUT2D eigenvalue weighted by Crippen LogP contribution is 2.22. The highest BCUT2D eigenvalue weighted by molar-refractivity contribution is 7.18. The number of carbonyl (C=O) groups excluding carboxylic acids is 1. The predicted octanol–water partition coefficient (Wildman–Crippen LogP) is 3.30. The smallest absolute Gasteiger partial charge is 0.225 e. The number of carbonyl (C=O) groups is 1. The Morgan fingerprint density at radius 2 is 2.18 bits per heavy atom. The highest BCUT2D eigenvalue weighted by atomic mass is 32.1. The molecule has 0 spiro atoms. The highest BCUT2D eigenvalue weighted by Gasteiger charge is 2.08. The van der Waals surface area contributed by atoms with Crippen LogP contribution in [-0.2, 0) is 18.3 Å². The van der Waals surface area contributed by atoms with E-state index in [1.54, 1.807) is 16.0 Å². The molecule has 1 amide bonds. The fourth-order valence-electron chi connectivity index (χ4n) is 2.36. The minimum Gasteiger partial charge on any atom is -0.311 e. The Kier molecular flexibility index (Phi) is 4.20. The van der Waals surface area contributed by atoms with Gasteiger partial charge in [0, 0.05) is 19.5 Å². The molecule has 0 fully saturated rings. The summed E-state index contributed by atoms with van der Waals surface area (Å²) in [6, 6.07) is 9.98. The molecule has 0 aliphatic carbocycles. The molecule has 0 atom stereocenters. The largest absolute Gasteiger partial charge is 0.311 e. The van der Waals surface area contributed by atoms with Crippen LogP contribution < -0.4 is 5.32 Å². The molecule has 0 radical (unpaired) electrons. The number of hydrogen-bond acceptors (Lipinski definition) is 4. The quantitative estimate of drug-likeness (QED) is 0.786. The lowest BCUT2D eigenvalue weighted by atomic mass is 10.2. The molecule has 0 unspecified atom stereocenters. The van der Waals surface area contributed by atoms with Crippen molar-refractivity contribution >= 4 is 33.3 Å². The van der Waals surface area contributed by atoms with E-state index in [-0.39, 0.29) is 5.91 Å². The topological polar surface area (TPSA) is 59.8 Å². The van der Waals surface area contributed by atoms with Gasteiger partial charge in [-0.1, -0.05) is 12.1 Å². The minimum absolute atomic E-state index is 0.0177. The van der Waals surface area contributed by atoms with E-state index in [1.807, 2.05) is 38.2 Å². The summed E-state index contributed by atoms with van der Waals surface area (Å²) in [5.74, 6) is 0.756. The third-order valence-corrected chi connectivity index (χ3v) is 4.50. The molecule has 1 aromatic carbocycles. The number of nitrogens with zero attached hydrogens (tertiary/aromatic N) is 3. The number of para-hydroxylation sites is 1. The van der Waals surface area contributed by atoms with E-state index in [1.165, 1.54) is 4.70 Å². The van der Waals surface area contributed by atoms with Gasteiger partial charge in [-0.05, 0) is 31.9 Å². The molecule has 2 heterocycles. The Bertz CT molecular complexity index is 772. The molecule has 2 aromatic heterocycles. The Morgan fingerprint density at radius 3 is 2.91 bits per heavy atom. The maximum atomic E-state index is 12.0. The van der Waals surface area contributed by atoms with Gasteiger partial charge in [0.2, 0.25) is 5.91 Å². The number of fused-ring (bicyclic) bond motifs is 1. The fraction of sp³-hybridized carbons (Fsp3) is 0.312. The number of nitrogens with one attached hydrogen (secondary N) is 1. The number of benzene rings is 1. The summed E-state index contributed by atoms with van der Waals surface area (Å²) in [5, 5.41) is 8.19. The van der Waals surface area contributed by atoms with Crippen LogP contribution in [0.1, 0.15) is 23.5 Å². The number of rotatable bonds is 5. The normalized spacial score (nSPS) is 11.0. The number of amides is 1. The molecular formula is C16H18N4OS. The average Bonchev–Trinajstić information content (AvgIpc) is 3.01. The summed E-state index contributed by atoms with van der Waals surface area (Å²) in [7, 11) is 1.82. The number of hydrogen-bond donors (Lipinski definition) is 1. The molecule has 1 N–H and O–H groups in total. The van der Waals surface area contributed by atoms with Crippen molar-refractivity contribution in [1.29, 1.82) is 0 Å². The lowest BCUT2D eigenvalue weighted by Crippen LogP contribution is -2.14. The second-order valence-corrected chi connectivity index (χ2v) is 6.39. The van der Waals surface area contributed by atoms with E-state index >= 15 is 0 Å². The van der Waals surface area contributed by atoms with E-state index in [0.717, 1.165) is 34.9 Å². The summed E-state index contributed by atoms with van der Waals surface area (Å²) >= 11 is 1.70. The van der Waals surface area contributed by atoms with Gasteiger partial charge in [-0.3, -0.25) is 9.48 Å². The van der Waals surface area contributed by atoms with Crippen LogP contribution >= 0.6 is 11.3 Å². The molecule has 3 aromatic rings. The van der Waals surface area contributed by atoms with Crippen molar-refractivity contribution in [3.05, 3.63) is 41.0 Å². The first-order valence-electron chi connectivity index (χ1n) is 7.27. The molecular weight excluding hydrogens is 296 g/mol. The zero-order chi connectivity index (χ0) is 15.5. The van der Waals surface area contributed by atoms with Crippen LogP contribution in [0.25, 0.3) is 10.2 Å². The lowest BCUT2D eigenvalue weighted by Gasteiger charge is -2.04. The monoisotopic (exact) mass is 314 g/mol. The van der Waals surface area contributed by atoms with Gasteiger partial charge in [0.1, 0.15) is 5.82 Å². The Labute approximate surface area is 133 Å². The molecule has 0 saturated carbocycles. The van der Waals surface area contributed by atoms with Crippen LogP contribution in [0.15, 0.2) is 30.3 Å². The van der Waals surface area contributed by atoms with Crippen molar-refractivity contribution in [3.63, 3.8) is 0 Å². The van der Waals surface area contributed by atoms with E-state index < -0.39 is 0 Å². The van der Waals surface area contributed by atoms with E-state index in [2.05, 4.69) is 21.5 Å².